The molecule has 0 aliphatic carbocycles. The predicted octanol–water partition coefficient (Wildman–Crippen LogP) is 1.17. The molecule has 19 heavy (non-hydrogen) atoms. The van der Waals surface area contributed by atoms with Crippen molar-refractivity contribution in [3.8, 4) is 0 Å². The van der Waals surface area contributed by atoms with Crippen molar-refractivity contribution in [1.82, 2.24) is 10.3 Å². The summed E-state index contributed by atoms with van der Waals surface area (Å²) in [6, 6.07) is 6.84. The second-order valence-corrected chi connectivity index (χ2v) is 5.65. The summed E-state index contributed by atoms with van der Waals surface area (Å²) in [5.74, 6) is 0.514. The van der Waals surface area contributed by atoms with Gasteiger partial charge in [-0.1, -0.05) is 6.07 Å². The van der Waals surface area contributed by atoms with E-state index in [1.807, 2.05) is 19.1 Å². The maximum Gasteiger partial charge on any atom is 0.271 e. The lowest BCUT2D eigenvalue weighted by Crippen LogP contribution is -2.17. The van der Waals surface area contributed by atoms with E-state index in [0.29, 0.717) is 12.3 Å². The van der Waals surface area contributed by atoms with Gasteiger partial charge in [-0.2, -0.15) is 0 Å². The summed E-state index contributed by atoms with van der Waals surface area (Å²) < 4.78 is 27.3. The van der Waals surface area contributed by atoms with Crippen molar-refractivity contribution < 1.29 is 12.8 Å². The van der Waals surface area contributed by atoms with Crippen LogP contribution >= 0.6 is 0 Å². The first-order valence-corrected chi connectivity index (χ1v) is 7.26. The van der Waals surface area contributed by atoms with Crippen molar-refractivity contribution >= 4 is 10.0 Å². The predicted molar refractivity (Wildman–Crippen MR) is 69.6 cm³/mol. The molecular weight excluding hydrogens is 266 g/mol. The minimum Gasteiger partial charge on any atom is -0.447 e. The minimum absolute atomic E-state index is 0.0803. The highest BCUT2D eigenvalue weighted by Gasteiger charge is 2.13. The number of pyridine rings is 1. The molecule has 102 valence electrons. The maximum absolute atomic E-state index is 11.1. The Kier molecular flexibility index (Phi) is 3.98. The van der Waals surface area contributed by atoms with Gasteiger partial charge in [0.1, 0.15) is 5.76 Å². The minimum atomic E-state index is -3.78. The van der Waals surface area contributed by atoms with Gasteiger partial charge in [0.15, 0.2) is 0 Å². The van der Waals surface area contributed by atoms with Crippen molar-refractivity contribution in [1.29, 1.82) is 0 Å². The van der Waals surface area contributed by atoms with Crippen LogP contribution in [-0.2, 0) is 16.6 Å². The normalized spacial score (nSPS) is 13.4. The third kappa shape index (κ3) is 3.63. The molecule has 2 aromatic heterocycles. The largest absolute Gasteiger partial charge is 0.447 e. The molecule has 0 unspecified atom stereocenters. The van der Waals surface area contributed by atoms with E-state index >= 15 is 0 Å². The van der Waals surface area contributed by atoms with Crippen LogP contribution in [0, 0.1) is 0 Å². The topological polar surface area (TPSA) is 98.2 Å². The third-order valence-electron chi connectivity index (χ3n) is 2.68. The van der Waals surface area contributed by atoms with Gasteiger partial charge in [0.2, 0.25) is 5.09 Å². The molecule has 0 saturated heterocycles. The summed E-state index contributed by atoms with van der Waals surface area (Å²) in [7, 11) is -3.78. The molecule has 0 fully saturated rings. The van der Waals surface area contributed by atoms with Crippen LogP contribution in [0.25, 0.3) is 0 Å². The number of hydrogen-bond donors (Lipinski definition) is 2. The molecule has 0 aliphatic rings. The fourth-order valence-electron chi connectivity index (χ4n) is 1.61. The molecule has 0 spiro atoms. The van der Waals surface area contributed by atoms with E-state index in [9.17, 15) is 8.42 Å². The van der Waals surface area contributed by atoms with Crippen LogP contribution in [0.4, 0.5) is 0 Å². The summed E-state index contributed by atoms with van der Waals surface area (Å²) in [5, 5.41) is 7.95. The first kappa shape index (κ1) is 13.7. The molecule has 2 aromatic rings. The summed E-state index contributed by atoms with van der Waals surface area (Å²) in [6.07, 6.45) is 3.48. The zero-order valence-electron chi connectivity index (χ0n) is 10.4. The number of nitrogens with one attached hydrogen (secondary N) is 1. The highest BCUT2D eigenvalue weighted by Crippen LogP contribution is 2.14. The van der Waals surface area contributed by atoms with Crippen LogP contribution in [0.15, 0.2) is 46.2 Å². The number of hydrogen-bond acceptors (Lipinski definition) is 5. The molecule has 3 N–H and O–H groups in total. The van der Waals surface area contributed by atoms with E-state index in [-0.39, 0.29) is 11.1 Å². The van der Waals surface area contributed by atoms with Crippen LogP contribution in [-0.4, -0.2) is 13.4 Å². The van der Waals surface area contributed by atoms with Gasteiger partial charge in [-0.25, -0.2) is 13.6 Å². The van der Waals surface area contributed by atoms with Gasteiger partial charge < -0.3 is 9.73 Å². The van der Waals surface area contributed by atoms with E-state index in [1.54, 1.807) is 18.5 Å². The SMILES string of the molecule is C[C@@H](NCc1ccc(S(N)(=O)=O)o1)c1cccnc1. The smallest absolute Gasteiger partial charge is 0.271 e. The maximum atomic E-state index is 11.1. The Bertz CT molecular complexity index is 637. The standard InChI is InChI=1S/C12H15N3O3S/c1-9(10-3-2-6-14-7-10)15-8-11-4-5-12(18-11)19(13,16)17/h2-7,9,15H,8H2,1H3,(H2,13,16,17)/t9-/m1/s1. The Balaban J connectivity index is 1.98. The third-order valence-corrected chi connectivity index (χ3v) is 3.46. The van der Waals surface area contributed by atoms with Crippen molar-refractivity contribution in [2.75, 3.05) is 0 Å². The summed E-state index contributed by atoms with van der Waals surface area (Å²) >= 11 is 0. The summed E-state index contributed by atoms with van der Waals surface area (Å²) in [4.78, 5) is 4.04. The lowest BCUT2D eigenvalue weighted by molar-refractivity contribution is 0.393. The van der Waals surface area contributed by atoms with E-state index in [0.717, 1.165) is 5.56 Å². The van der Waals surface area contributed by atoms with Gasteiger partial charge >= 0.3 is 0 Å². The fraction of sp³-hybridized carbons (Fsp3) is 0.250. The Morgan fingerprint density at radius 1 is 1.42 bits per heavy atom. The summed E-state index contributed by atoms with van der Waals surface area (Å²) in [6.45, 7) is 2.39. The van der Waals surface area contributed by atoms with Crippen LogP contribution in [0.1, 0.15) is 24.3 Å². The first-order valence-electron chi connectivity index (χ1n) is 5.71. The number of primary sulfonamides is 1. The van der Waals surface area contributed by atoms with Gasteiger partial charge in [0, 0.05) is 18.4 Å². The monoisotopic (exact) mass is 281 g/mol. The van der Waals surface area contributed by atoms with Crippen LogP contribution in [0.2, 0.25) is 0 Å². The molecule has 6 nitrogen and oxygen atoms in total. The Labute approximate surface area is 111 Å². The number of rotatable bonds is 5. The molecule has 0 saturated carbocycles. The molecule has 2 rings (SSSR count). The van der Waals surface area contributed by atoms with Gasteiger partial charge in [0.25, 0.3) is 10.0 Å². The van der Waals surface area contributed by atoms with Crippen molar-refractivity contribution in [2.45, 2.75) is 24.6 Å². The Morgan fingerprint density at radius 2 is 2.21 bits per heavy atom. The van der Waals surface area contributed by atoms with Crippen molar-refractivity contribution in [3.05, 3.63) is 48.0 Å². The quantitative estimate of drug-likeness (QED) is 0.857. The number of sulfonamides is 1. The van der Waals surface area contributed by atoms with Gasteiger partial charge in [-0.05, 0) is 30.7 Å². The molecular formula is C12H15N3O3S. The lowest BCUT2D eigenvalue weighted by Gasteiger charge is -2.12. The zero-order chi connectivity index (χ0) is 13.9. The van der Waals surface area contributed by atoms with Crippen LogP contribution in [0.5, 0.6) is 0 Å². The zero-order valence-corrected chi connectivity index (χ0v) is 11.2. The number of nitrogens with zero attached hydrogens (tertiary/aromatic N) is 1. The molecule has 1 atom stereocenters. The average Bonchev–Trinajstić information content (AvgIpc) is 2.86. The molecule has 0 aliphatic heterocycles. The Morgan fingerprint density at radius 3 is 2.79 bits per heavy atom. The molecule has 0 radical (unpaired) electrons. The van der Waals surface area contributed by atoms with Crippen LogP contribution < -0.4 is 10.5 Å². The summed E-state index contributed by atoms with van der Waals surface area (Å²) in [5.41, 5.74) is 1.04. The lowest BCUT2D eigenvalue weighted by atomic mass is 10.1. The highest BCUT2D eigenvalue weighted by atomic mass is 32.2. The van der Waals surface area contributed by atoms with E-state index < -0.39 is 10.0 Å². The first-order chi connectivity index (χ1) is 8.97. The van der Waals surface area contributed by atoms with Gasteiger partial charge in [0.05, 0.1) is 6.54 Å². The fourth-order valence-corrected chi connectivity index (χ4v) is 2.09. The molecule has 2 heterocycles. The number of aromatic nitrogens is 1. The highest BCUT2D eigenvalue weighted by molar-refractivity contribution is 7.89. The second-order valence-electron chi connectivity index (χ2n) is 4.15. The second kappa shape index (κ2) is 5.52. The van der Waals surface area contributed by atoms with Gasteiger partial charge in [-0.3, -0.25) is 4.98 Å². The molecule has 0 aromatic carbocycles. The van der Waals surface area contributed by atoms with Crippen molar-refractivity contribution in [3.63, 3.8) is 0 Å². The molecule has 7 heteroatoms. The van der Waals surface area contributed by atoms with Gasteiger partial charge in [-0.15, -0.1) is 0 Å². The van der Waals surface area contributed by atoms with Crippen LogP contribution in [0.3, 0.4) is 0 Å². The van der Waals surface area contributed by atoms with E-state index in [1.165, 1.54) is 6.07 Å². The average molecular weight is 281 g/mol. The molecule has 0 bridgehead atoms. The molecule has 0 amide bonds. The van der Waals surface area contributed by atoms with E-state index in [4.69, 9.17) is 9.56 Å². The van der Waals surface area contributed by atoms with Crippen molar-refractivity contribution in [2.24, 2.45) is 5.14 Å². The number of nitrogens with two attached hydrogens (primary N) is 1. The Hall–Kier alpha value is -1.70. The van der Waals surface area contributed by atoms with E-state index in [2.05, 4.69) is 10.3 Å². The number of furan rings is 1.